The van der Waals surface area contributed by atoms with Crippen molar-refractivity contribution in [2.45, 2.75) is 38.8 Å². The van der Waals surface area contributed by atoms with Crippen LogP contribution in [0.5, 0.6) is 5.75 Å². The van der Waals surface area contributed by atoms with Gasteiger partial charge < -0.3 is 15.4 Å². The number of carbonyl (C=O) groups is 2. The molecule has 5 rings (SSSR count). The molecule has 0 spiro atoms. The van der Waals surface area contributed by atoms with E-state index in [0.717, 1.165) is 33.7 Å². The number of aryl methyl sites for hydroxylation is 2. The molecule has 2 atom stereocenters. The molecular formula is C29H30FN3O3. The Bertz CT molecular complexity index is 1310. The fourth-order valence-electron chi connectivity index (χ4n) is 5.16. The predicted molar refractivity (Wildman–Crippen MR) is 136 cm³/mol. The zero-order chi connectivity index (χ0) is 25.2. The molecule has 3 aromatic carbocycles. The molecule has 0 aromatic heterocycles. The number of anilines is 1. The molecule has 7 heteroatoms. The number of para-hydroxylation sites is 1. The second kappa shape index (κ2) is 10.1. The van der Waals surface area contributed by atoms with E-state index in [0.29, 0.717) is 31.7 Å². The fraction of sp³-hybridized carbons (Fsp3) is 0.310. The van der Waals surface area contributed by atoms with Gasteiger partial charge in [0.1, 0.15) is 17.7 Å². The van der Waals surface area contributed by atoms with Gasteiger partial charge in [-0.3, -0.25) is 14.5 Å². The van der Waals surface area contributed by atoms with Gasteiger partial charge in [-0.1, -0.05) is 54.1 Å². The Kier molecular flexibility index (Phi) is 6.74. The Labute approximate surface area is 210 Å². The summed E-state index contributed by atoms with van der Waals surface area (Å²) in [4.78, 5) is 27.5. The van der Waals surface area contributed by atoms with Gasteiger partial charge in [-0.2, -0.15) is 0 Å². The van der Waals surface area contributed by atoms with Gasteiger partial charge in [-0.25, -0.2) is 4.39 Å². The highest BCUT2D eigenvalue weighted by atomic mass is 19.1. The summed E-state index contributed by atoms with van der Waals surface area (Å²) in [5, 5.41) is 5.90. The van der Waals surface area contributed by atoms with Gasteiger partial charge in [0.15, 0.2) is 0 Å². The average Bonchev–Trinajstić information content (AvgIpc) is 3.04. The Morgan fingerprint density at radius 1 is 1.11 bits per heavy atom. The monoisotopic (exact) mass is 487 g/mol. The zero-order valence-corrected chi connectivity index (χ0v) is 20.5. The second-order valence-corrected chi connectivity index (χ2v) is 9.61. The fourth-order valence-corrected chi connectivity index (χ4v) is 5.16. The number of ether oxygens (including phenoxy) is 1. The Morgan fingerprint density at radius 3 is 2.72 bits per heavy atom. The van der Waals surface area contributed by atoms with Crippen molar-refractivity contribution in [2.75, 3.05) is 25.0 Å². The molecule has 0 aliphatic carbocycles. The lowest BCUT2D eigenvalue weighted by atomic mass is 9.94. The summed E-state index contributed by atoms with van der Waals surface area (Å²) in [5.74, 6) is -0.339. The maximum atomic E-state index is 14.6. The minimum atomic E-state index is -0.484. The molecule has 2 heterocycles. The number of hydrogen-bond acceptors (Lipinski definition) is 4. The van der Waals surface area contributed by atoms with Gasteiger partial charge >= 0.3 is 0 Å². The first kappa shape index (κ1) is 24.0. The minimum absolute atomic E-state index is 0.103. The van der Waals surface area contributed by atoms with Crippen molar-refractivity contribution in [2.24, 2.45) is 0 Å². The van der Waals surface area contributed by atoms with E-state index in [1.807, 2.05) is 56.3 Å². The van der Waals surface area contributed by atoms with Crippen molar-refractivity contribution in [3.05, 3.63) is 94.3 Å². The lowest BCUT2D eigenvalue weighted by Crippen LogP contribution is -2.37. The maximum absolute atomic E-state index is 14.6. The van der Waals surface area contributed by atoms with Gasteiger partial charge in [0, 0.05) is 49.4 Å². The van der Waals surface area contributed by atoms with Crippen LogP contribution in [0.2, 0.25) is 0 Å². The molecule has 6 nitrogen and oxygen atoms in total. The van der Waals surface area contributed by atoms with Gasteiger partial charge in [0.2, 0.25) is 11.8 Å². The highest BCUT2D eigenvalue weighted by Crippen LogP contribution is 2.38. The highest BCUT2D eigenvalue weighted by Gasteiger charge is 2.33. The number of hydrogen-bond donors (Lipinski definition) is 2. The molecule has 3 aromatic rings. The van der Waals surface area contributed by atoms with Crippen molar-refractivity contribution in [1.82, 2.24) is 10.2 Å². The number of amides is 2. The van der Waals surface area contributed by atoms with Crippen molar-refractivity contribution in [1.29, 1.82) is 0 Å². The summed E-state index contributed by atoms with van der Waals surface area (Å²) >= 11 is 0. The summed E-state index contributed by atoms with van der Waals surface area (Å²) in [6.45, 7) is 6.06. The third kappa shape index (κ3) is 4.97. The van der Waals surface area contributed by atoms with E-state index in [9.17, 15) is 14.0 Å². The Morgan fingerprint density at radius 2 is 1.89 bits per heavy atom. The summed E-state index contributed by atoms with van der Waals surface area (Å²) in [6, 6.07) is 18.5. The number of fused-ring (bicyclic) bond motifs is 2. The molecule has 36 heavy (non-hydrogen) atoms. The molecule has 2 aliphatic heterocycles. The van der Waals surface area contributed by atoms with E-state index in [1.165, 1.54) is 6.07 Å². The summed E-state index contributed by atoms with van der Waals surface area (Å²) < 4.78 is 20.8. The first-order chi connectivity index (χ1) is 17.4. The van der Waals surface area contributed by atoms with E-state index in [-0.39, 0.29) is 24.1 Å². The number of carbonyl (C=O) groups excluding carboxylic acids is 2. The molecule has 0 saturated carbocycles. The number of rotatable bonds is 6. The molecule has 0 bridgehead atoms. The van der Waals surface area contributed by atoms with E-state index in [1.54, 1.807) is 12.1 Å². The maximum Gasteiger partial charge on any atom is 0.232 e. The van der Waals surface area contributed by atoms with Crippen LogP contribution >= 0.6 is 0 Å². The van der Waals surface area contributed by atoms with Crippen LogP contribution in [0.3, 0.4) is 0 Å². The van der Waals surface area contributed by atoms with Crippen LogP contribution in [0, 0.1) is 19.7 Å². The van der Waals surface area contributed by atoms with Crippen LogP contribution in [0.25, 0.3) is 0 Å². The summed E-state index contributed by atoms with van der Waals surface area (Å²) in [5.41, 5.74) is 5.33. The Hall–Kier alpha value is -3.71. The third-order valence-electron chi connectivity index (χ3n) is 6.90. The standard InChI is InChI=1S/C29H30FN3O3/c1-18-13-19(2)28-22(14-18)23(29(35)32-28)15-27(34)31-11-12-33-16-20-7-3-6-10-25(20)36-26(17-33)21-8-4-5-9-24(21)30/h3-10,13-14,23,26H,11-12,15-17H2,1-2H3,(H,31,34)(H,32,35)/t23-,26+/m0/s1. The van der Waals surface area contributed by atoms with Crippen LogP contribution in [-0.4, -0.2) is 36.3 Å². The van der Waals surface area contributed by atoms with E-state index in [4.69, 9.17) is 4.74 Å². The smallest absolute Gasteiger partial charge is 0.232 e. The normalized spacial score (nSPS) is 19.0. The molecule has 2 amide bonds. The molecule has 0 radical (unpaired) electrons. The number of benzene rings is 3. The van der Waals surface area contributed by atoms with E-state index < -0.39 is 12.0 Å². The highest BCUT2D eigenvalue weighted by molar-refractivity contribution is 6.05. The third-order valence-corrected chi connectivity index (χ3v) is 6.90. The number of nitrogens with one attached hydrogen (secondary N) is 2. The van der Waals surface area contributed by atoms with Crippen molar-refractivity contribution in [3.63, 3.8) is 0 Å². The molecule has 2 N–H and O–H groups in total. The molecule has 0 saturated heterocycles. The van der Waals surface area contributed by atoms with Gasteiger partial charge in [0.25, 0.3) is 0 Å². The topological polar surface area (TPSA) is 70.7 Å². The van der Waals surface area contributed by atoms with Crippen LogP contribution < -0.4 is 15.4 Å². The lowest BCUT2D eigenvalue weighted by molar-refractivity contribution is -0.125. The number of nitrogens with zero attached hydrogens (tertiary/aromatic N) is 1. The largest absolute Gasteiger partial charge is 0.484 e. The average molecular weight is 488 g/mol. The van der Waals surface area contributed by atoms with Gasteiger partial charge in [-0.05, 0) is 37.1 Å². The first-order valence-electron chi connectivity index (χ1n) is 12.3. The van der Waals surface area contributed by atoms with Crippen LogP contribution in [0.4, 0.5) is 10.1 Å². The quantitative estimate of drug-likeness (QED) is 0.532. The van der Waals surface area contributed by atoms with E-state index >= 15 is 0 Å². The van der Waals surface area contributed by atoms with Gasteiger partial charge in [0.05, 0.1) is 5.92 Å². The molecule has 0 fully saturated rings. The van der Waals surface area contributed by atoms with Crippen molar-refractivity contribution >= 4 is 17.5 Å². The Balaban J connectivity index is 1.23. The summed E-state index contributed by atoms with van der Waals surface area (Å²) in [7, 11) is 0. The van der Waals surface area contributed by atoms with Crippen molar-refractivity contribution < 1.29 is 18.7 Å². The molecule has 186 valence electrons. The molecule has 2 aliphatic rings. The van der Waals surface area contributed by atoms with Crippen LogP contribution in [0.15, 0.2) is 60.7 Å². The molecular weight excluding hydrogens is 457 g/mol. The van der Waals surface area contributed by atoms with Crippen molar-refractivity contribution in [3.8, 4) is 5.75 Å². The van der Waals surface area contributed by atoms with Crippen LogP contribution in [0.1, 0.15) is 46.3 Å². The van der Waals surface area contributed by atoms with Gasteiger partial charge in [-0.15, -0.1) is 0 Å². The lowest BCUT2D eigenvalue weighted by Gasteiger charge is -2.24. The zero-order valence-electron chi connectivity index (χ0n) is 20.5. The van der Waals surface area contributed by atoms with E-state index in [2.05, 4.69) is 15.5 Å². The second-order valence-electron chi connectivity index (χ2n) is 9.61. The molecule has 0 unspecified atom stereocenters. The SMILES string of the molecule is Cc1cc(C)c2c(c1)[C@H](CC(=O)NCCN1Cc3ccccc3O[C@@H](c3ccccc3F)C1)C(=O)N2. The predicted octanol–water partition coefficient (Wildman–Crippen LogP) is 4.62. The summed E-state index contributed by atoms with van der Waals surface area (Å²) in [6.07, 6.45) is -0.360. The number of halogens is 1. The first-order valence-corrected chi connectivity index (χ1v) is 12.3. The minimum Gasteiger partial charge on any atom is -0.484 e. The van der Waals surface area contributed by atoms with Crippen LogP contribution in [-0.2, 0) is 16.1 Å².